The fourth-order valence-corrected chi connectivity index (χ4v) is 4.96. The van der Waals surface area contributed by atoms with Crippen molar-refractivity contribution in [2.75, 3.05) is 32.1 Å². The third-order valence-electron chi connectivity index (χ3n) is 7.13. The molecule has 1 saturated carbocycles. The third kappa shape index (κ3) is 3.70. The Kier molecular flexibility index (Phi) is 4.98. The average molecular weight is 414 g/mol. The van der Waals surface area contributed by atoms with Gasteiger partial charge in [-0.15, -0.1) is 0 Å². The van der Waals surface area contributed by atoms with E-state index in [4.69, 9.17) is 0 Å². The summed E-state index contributed by atoms with van der Waals surface area (Å²) in [5.74, 6) is 0.0353. The molecule has 2 aliphatic rings. The maximum atomic E-state index is 13.4. The van der Waals surface area contributed by atoms with Gasteiger partial charge in [0.15, 0.2) is 0 Å². The Balaban J connectivity index is 1.41. The summed E-state index contributed by atoms with van der Waals surface area (Å²) < 4.78 is 0. The number of nitrogens with zero attached hydrogens (tertiary/aromatic N) is 2. The molecule has 0 bridgehead atoms. The molecule has 0 radical (unpaired) electrons. The second-order valence-electron chi connectivity index (χ2n) is 9.41. The molecule has 31 heavy (non-hydrogen) atoms. The van der Waals surface area contributed by atoms with E-state index in [-0.39, 0.29) is 11.4 Å². The number of amides is 1. The Hall–Kier alpha value is -2.85. The first-order chi connectivity index (χ1) is 15.0. The van der Waals surface area contributed by atoms with Gasteiger partial charge in [-0.25, -0.2) is 0 Å². The lowest BCUT2D eigenvalue weighted by molar-refractivity contribution is 0.0930. The first kappa shape index (κ1) is 20.1. The Morgan fingerprint density at radius 1 is 1.06 bits per heavy atom. The van der Waals surface area contributed by atoms with Crippen molar-refractivity contribution in [3.8, 4) is 0 Å². The maximum absolute atomic E-state index is 13.4. The molecular weight excluding hydrogens is 382 g/mol. The molecule has 4 heteroatoms. The molecule has 1 amide bonds. The molecule has 0 unspecified atom stereocenters. The van der Waals surface area contributed by atoms with Gasteiger partial charge in [0.05, 0.1) is 5.54 Å². The number of hydrogen-bond donors (Lipinski definition) is 1. The van der Waals surface area contributed by atoms with Gasteiger partial charge < -0.3 is 15.1 Å². The molecule has 4 nitrogen and oxygen atoms in total. The van der Waals surface area contributed by atoms with Gasteiger partial charge in [-0.05, 0) is 74.3 Å². The molecule has 160 valence electrons. The van der Waals surface area contributed by atoms with Crippen LogP contribution in [0.3, 0.4) is 0 Å². The molecule has 1 saturated heterocycles. The second-order valence-corrected chi connectivity index (χ2v) is 9.41. The molecule has 3 aromatic carbocycles. The smallest absolute Gasteiger partial charge is 0.252 e. The van der Waals surface area contributed by atoms with E-state index < -0.39 is 0 Å². The van der Waals surface area contributed by atoms with Gasteiger partial charge in [0.2, 0.25) is 0 Å². The summed E-state index contributed by atoms with van der Waals surface area (Å²) >= 11 is 0. The number of nitrogens with one attached hydrogen (secondary N) is 1. The van der Waals surface area contributed by atoms with Crippen LogP contribution in [0.25, 0.3) is 10.8 Å². The zero-order valence-corrected chi connectivity index (χ0v) is 18.7. The van der Waals surface area contributed by atoms with Gasteiger partial charge in [0.1, 0.15) is 0 Å². The SMILES string of the molecule is Cc1ccc(N2CC[C@H](N(C)C)C2)cc1C(=O)NC1(c2cccc3ccccc23)CC1. The predicted octanol–water partition coefficient (Wildman–Crippen LogP) is 4.71. The summed E-state index contributed by atoms with van der Waals surface area (Å²) in [6.45, 7) is 4.08. The highest BCUT2D eigenvalue weighted by Crippen LogP contribution is 2.48. The zero-order chi connectivity index (χ0) is 21.6. The van der Waals surface area contributed by atoms with Crippen LogP contribution in [-0.2, 0) is 5.54 Å². The largest absolute Gasteiger partial charge is 0.370 e. The van der Waals surface area contributed by atoms with E-state index in [9.17, 15) is 4.79 Å². The molecule has 5 rings (SSSR count). The van der Waals surface area contributed by atoms with Gasteiger partial charge in [0.25, 0.3) is 5.91 Å². The average Bonchev–Trinajstić information content (AvgIpc) is 3.37. The molecule has 1 aliphatic carbocycles. The highest BCUT2D eigenvalue weighted by atomic mass is 16.1. The summed E-state index contributed by atoms with van der Waals surface area (Å²) in [6, 6.07) is 21.8. The highest BCUT2D eigenvalue weighted by Gasteiger charge is 2.46. The number of carbonyl (C=O) groups excluding carboxylic acids is 1. The molecule has 1 atom stereocenters. The van der Waals surface area contributed by atoms with Crippen molar-refractivity contribution in [3.05, 3.63) is 77.4 Å². The van der Waals surface area contributed by atoms with Crippen LogP contribution < -0.4 is 10.2 Å². The monoisotopic (exact) mass is 413 g/mol. The van der Waals surface area contributed by atoms with Crippen molar-refractivity contribution in [1.29, 1.82) is 0 Å². The molecule has 2 fully saturated rings. The number of carbonyl (C=O) groups is 1. The van der Waals surface area contributed by atoms with Crippen LogP contribution in [-0.4, -0.2) is 44.0 Å². The summed E-state index contributed by atoms with van der Waals surface area (Å²) in [5, 5.41) is 5.87. The van der Waals surface area contributed by atoms with Crippen molar-refractivity contribution in [2.24, 2.45) is 0 Å². The number of hydrogen-bond acceptors (Lipinski definition) is 3. The number of anilines is 1. The fraction of sp³-hybridized carbons (Fsp3) is 0.370. The van der Waals surface area contributed by atoms with Crippen LogP contribution in [0.5, 0.6) is 0 Å². The minimum absolute atomic E-state index is 0.0353. The number of aryl methyl sites for hydroxylation is 1. The molecule has 1 heterocycles. The van der Waals surface area contributed by atoms with E-state index in [1.807, 2.05) is 6.92 Å². The van der Waals surface area contributed by atoms with Gasteiger partial charge in [-0.3, -0.25) is 4.79 Å². The minimum atomic E-state index is -0.246. The zero-order valence-electron chi connectivity index (χ0n) is 18.7. The molecule has 0 aromatic heterocycles. The summed E-state index contributed by atoms with van der Waals surface area (Å²) in [6.07, 6.45) is 3.14. The van der Waals surface area contributed by atoms with Crippen molar-refractivity contribution >= 4 is 22.4 Å². The van der Waals surface area contributed by atoms with Gasteiger partial charge in [-0.2, -0.15) is 0 Å². The van der Waals surface area contributed by atoms with Crippen LogP contribution in [0.15, 0.2) is 60.7 Å². The molecular formula is C27H31N3O. The number of likely N-dealkylation sites (N-methyl/N-ethyl adjacent to an activating group) is 1. The van der Waals surface area contributed by atoms with E-state index in [1.54, 1.807) is 0 Å². The van der Waals surface area contributed by atoms with E-state index in [0.29, 0.717) is 6.04 Å². The van der Waals surface area contributed by atoms with Crippen LogP contribution in [0.1, 0.15) is 40.7 Å². The maximum Gasteiger partial charge on any atom is 0.252 e. The fourth-order valence-electron chi connectivity index (χ4n) is 4.96. The second kappa shape index (κ2) is 7.69. The van der Waals surface area contributed by atoms with Crippen LogP contribution in [0, 0.1) is 6.92 Å². The summed E-state index contributed by atoms with van der Waals surface area (Å²) in [7, 11) is 4.29. The van der Waals surface area contributed by atoms with E-state index in [2.05, 4.69) is 89.9 Å². The van der Waals surface area contributed by atoms with Crippen LogP contribution >= 0.6 is 0 Å². The van der Waals surface area contributed by atoms with Gasteiger partial charge in [0, 0.05) is 30.4 Å². The summed E-state index contributed by atoms with van der Waals surface area (Å²) in [5.41, 5.74) is 3.95. The standard InChI is InChI=1S/C27H31N3O/c1-19-11-12-21(30-16-13-22(18-30)29(2)3)17-24(19)26(31)28-27(14-15-27)25-10-6-8-20-7-4-5-9-23(20)25/h4-12,17,22H,13-16,18H2,1-3H3,(H,28,31)/t22-/m0/s1. The van der Waals surface area contributed by atoms with E-state index in [0.717, 1.165) is 49.2 Å². The van der Waals surface area contributed by atoms with Crippen molar-refractivity contribution < 1.29 is 4.79 Å². The number of fused-ring (bicyclic) bond motifs is 1. The topological polar surface area (TPSA) is 35.6 Å². The first-order valence-electron chi connectivity index (χ1n) is 11.3. The number of rotatable bonds is 5. The van der Waals surface area contributed by atoms with Gasteiger partial charge in [-0.1, -0.05) is 48.5 Å². The van der Waals surface area contributed by atoms with Crippen LogP contribution in [0.4, 0.5) is 5.69 Å². The molecule has 1 N–H and O–H groups in total. The van der Waals surface area contributed by atoms with Gasteiger partial charge >= 0.3 is 0 Å². The lowest BCUT2D eigenvalue weighted by Gasteiger charge is -2.24. The normalized spacial score (nSPS) is 19.7. The lowest BCUT2D eigenvalue weighted by atomic mass is 9.96. The van der Waals surface area contributed by atoms with E-state index >= 15 is 0 Å². The van der Waals surface area contributed by atoms with Crippen molar-refractivity contribution in [2.45, 2.75) is 37.8 Å². The minimum Gasteiger partial charge on any atom is -0.370 e. The van der Waals surface area contributed by atoms with Crippen LogP contribution in [0.2, 0.25) is 0 Å². The summed E-state index contributed by atoms with van der Waals surface area (Å²) in [4.78, 5) is 18.1. The quantitative estimate of drug-likeness (QED) is 0.658. The highest BCUT2D eigenvalue weighted by molar-refractivity contribution is 5.98. The lowest BCUT2D eigenvalue weighted by Crippen LogP contribution is -2.35. The molecule has 3 aromatic rings. The number of benzene rings is 3. The Morgan fingerprint density at radius 3 is 2.58 bits per heavy atom. The Labute approximate surface area is 184 Å². The van der Waals surface area contributed by atoms with Crippen molar-refractivity contribution in [3.63, 3.8) is 0 Å². The Bertz CT molecular complexity index is 1130. The van der Waals surface area contributed by atoms with Crippen molar-refractivity contribution in [1.82, 2.24) is 10.2 Å². The molecule has 1 aliphatic heterocycles. The predicted molar refractivity (Wildman–Crippen MR) is 128 cm³/mol. The third-order valence-corrected chi connectivity index (χ3v) is 7.13. The van der Waals surface area contributed by atoms with E-state index in [1.165, 1.54) is 16.3 Å². The first-order valence-corrected chi connectivity index (χ1v) is 11.3. The molecule has 0 spiro atoms. The Morgan fingerprint density at radius 2 is 1.84 bits per heavy atom.